The van der Waals surface area contributed by atoms with Gasteiger partial charge in [-0.25, -0.2) is 9.59 Å². The number of urea groups is 1. The molecule has 44 heavy (non-hydrogen) atoms. The van der Waals surface area contributed by atoms with Gasteiger partial charge >= 0.3 is 12.0 Å². The molecular formula is C27H24N6O8S3. The first-order chi connectivity index (χ1) is 21.0. The van der Waals surface area contributed by atoms with Crippen LogP contribution in [0, 0.1) is 6.92 Å². The molecule has 0 bridgehead atoms. The molecule has 0 spiro atoms. The van der Waals surface area contributed by atoms with Crippen LogP contribution < -0.4 is 16.0 Å². The summed E-state index contributed by atoms with van der Waals surface area (Å²) in [5, 5.41) is 44.2. The van der Waals surface area contributed by atoms with Gasteiger partial charge in [-0.3, -0.25) is 24.6 Å². The molecule has 0 aliphatic carbocycles. The van der Waals surface area contributed by atoms with E-state index in [1.54, 1.807) is 30.3 Å². The van der Waals surface area contributed by atoms with E-state index in [-0.39, 0.29) is 11.3 Å². The number of thioether (sulfide) groups is 2. The first kappa shape index (κ1) is 30.8. The normalized spacial score (nSPS) is 18.1. The standard InChI is InChI=1S/C27H24N6O8S3/c1-12-31-32-27(44-12)43-11-15-10-42-24-19(23(38)33(24)20(15)25(39)40)28-22(37)18(13-5-3-2-4-6-13)29-26(41)30-21(36)14-7-8-16(34)17(35)9-14/h2-9,18-19,24,34-35H,10-11H2,1H3,(H,28,37)(H,39,40)(H2,29,30,36,41)/t18?,19?,24-/m0/s1. The summed E-state index contributed by atoms with van der Waals surface area (Å²) in [6.45, 7) is 1.81. The van der Waals surface area contributed by atoms with E-state index in [1.807, 2.05) is 6.92 Å². The van der Waals surface area contributed by atoms with Crippen molar-refractivity contribution >= 4 is 64.6 Å². The van der Waals surface area contributed by atoms with E-state index in [1.165, 1.54) is 40.9 Å². The minimum atomic E-state index is -1.33. The second kappa shape index (κ2) is 12.9. The van der Waals surface area contributed by atoms with Crippen LogP contribution in [0.3, 0.4) is 0 Å². The number of benzene rings is 2. The highest BCUT2D eigenvalue weighted by Crippen LogP contribution is 2.42. The van der Waals surface area contributed by atoms with Gasteiger partial charge in [0.25, 0.3) is 11.8 Å². The number of nitrogens with one attached hydrogen (secondary N) is 3. The molecule has 2 aliphatic rings. The molecule has 1 fully saturated rings. The number of aromatic hydroxyl groups is 2. The number of carbonyl (C=O) groups excluding carboxylic acids is 4. The molecule has 3 heterocycles. The van der Waals surface area contributed by atoms with E-state index in [4.69, 9.17) is 0 Å². The van der Waals surface area contributed by atoms with Crippen LogP contribution in [0.4, 0.5) is 4.79 Å². The largest absolute Gasteiger partial charge is 0.504 e. The number of hydrogen-bond acceptors (Lipinski definition) is 12. The predicted octanol–water partition coefficient (Wildman–Crippen LogP) is 1.97. The van der Waals surface area contributed by atoms with Gasteiger partial charge < -0.3 is 26.0 Å². The summed E-state index contributed by atoms with van der Waals surface area (Å²) < 4.78 is 0.679. The molecule has 0 radical (unpaired) electrons. The molecular weight excluding hydrogens is 633 g/mol. The minimum absolute atomic E-state index is 0.121. The van der Waals surface area contributed by atoms with Crippen molar-refractivity contribution in [2.24, 2.45) is 0 Å². The molecule has 2 aromatic carbocycles. The molecule has 0 saturated carbocycles. The monoisotopic (exact) mass is 656 g/mol. The molecule has 5 amide bonds. The first-order valence-electron chi connectivity index (χ1n) is 12.9. The maximum atomic E-state index is 13.5. The molecule has 17 heteroatoms. The fourth-order valence-corrected chi connectivity index (χ4v) is 7.77. The fraction of sp³-hybridized carbons (Fsp3) is 0.222. The van der Waals surface area contributed by atoms with Crippen molar-refractivity contribution in [2.75, 3.05) is 11.5 Å². The Balaban J connectivity index is 1.28. The summed E-state index contributed by atoms with van der Waals surface area (Å²) in [5.41, 5.74) is 0.645. The average molecular weight is 657 g/mol. The number of fused-ring (bicyclic) bond motifs is 1. The summed E-state index contributed by atoms with van der Waals surface area (Å²) in [7, 11) is 0. The lowest BCUT2D eigenvalue weighted by Gasteiger charge is -2.49. The lowest BCUT2D eigenvalue weighted by molar-refractivity contribution is -0.151. The number of carbonyl (C=O) groups is 5. The number of carboxylic acids is 1. The van der Waals surface area contributed by atoms with Gasteiger partial charge in [0.1, 0.15) is 28.2 Å². The van der Waals surface area contributed by atoms with Crippen LogP contribution in [0.25, 0.3) is 0 Å². The first-order valence-corrected chi connectivity index (χ1v) is 15.7. The molecule has 2 aliphatic heterocycles. The number of phenolic OH excluding ortho intramolecular Hbond substituents is 2. The van der Waals surface area contributed by atoms with Crippen LogP contribution in [-0.2, 0) is 14.4 Å². The number of amides is 5. The van der Waals surface area contributed by atoms with Crippen LogP contribution in [0.5, 0.6) is 11.5 Å². The predicted molar refractivity (Wildman–Crippen MR) is 160 cm³/mol. The van der Waals surface area contributed by atoms with Gasteiger partial charge in [0.2, 0.25) is 5.91 Å². The number of aromatic nitrogens is 2. The zero-order valence-corrected chi connectivity index (χ0v) is 25.2. The lowest BCUT2D eigenvalue weighted by atomic mass is 10.0. The molecule has 6 N–H and O–H groups in total. The number of nitrogens with zero attached hydrogens (tertiary/aromatic N) is 3. The van der Waals surface area contributed by atoms with E-state index in [0.29, 0.717) is 27.0 Å². The topological polar surface area (TPSA) is 211 Å². The van der Waals surface area contributed by atoms with Gasteiger partial charge in [0.05, 0.1) is 0 Å². The highest BCUT2D eigenvalue weighted by molar-refractivity contribution is 8.01. The highest BCUT2D eigenvalue weighted by atomic mass is 32.2. The number of imide groups is 1. The minimum Gasteiger partial charge on any atom is -0.504 e. The number of carboxylic acid groups (broad SMARTS) is 1. The third-order valence-corrected chi connectivity index (χ3v) is 9.96. The zero-order valence-electron chi connectivity index (χ0n) is 22.7. The number of rotatable bonds is 9. The van der Waals surface area contributed by atoms with E-state index >= 15 is 0 Å². The van der Waals surface area contributed by atoms with Gasteiger partial charge in [-0.2, -0.15) is 0 Å². The quantitative estimate of drug-likeness (QED) is 0.111. The van der Waals surface area contributed by atoms with Crippen LogP contribution in [-0.4, -0.2) is 83.1 Å². The van der Waals surface area contributed by atoms with Gasteiger partial charge in [0, 0.05) is 17.1 Å². The Morgan fingerprint density at radius 2 is 1.84 bits per heavy atom. The van der Waals surface area contributed by atoms with Crippen molar-refractivity contribution in [1.29, 1.82) is 0 Å². The van der Waals surface area contributed by atoms with Crippen LogP contribution in [0.1, 0.15) is 27.0 Å². The third-order valence-electron chi connectivity index (χ3n) is 6.56. The summed E-state index contributed by atoms with van der Waals surface area (Å²) in [5.74, 6) is -3.93. The SMILES string of the molecule is Cc1nnc(SCC2=C(C(=O)O)N3C(=O)C(NC(=O)C(NC(=O)NC(=O)c4ccc(O)c(O)c4)c4ccccc4)[C@@H]3SC2)s1. The molecule has 5 rings (SSSR count). The average Bonchev–Trinajstić information content (AvgIpc) is 3.43. The summed E-state index contributed by atoms with van der Waals surface area (Å²) in [4.78, 5) is 65.3. The summed E-state index contributed by atoms with van der Waals surface area (Å²) in [6, 6.07) is 7.94. The molecule has 14 nitrogen and oxygen atoms in total. The molecule has 1 saturated heterocycles. The Bertz CT molecular complexity index is 1680. The van der Waals surface area contributed by atoms with Crippen molar-refractivity contribution < 1.29 is 39.3 Å². The number of β-lactam (4-membered cyclic amide) rings is 1. The van der Waals surface area contributed by atoms with E-state index in [2.05, 4.69) is 26.1 Å². The van der Waals surface area contributed by atoms with Crippen molar-refractivity contribution in [3.05, 3.63) is 75.9 Å². The number of aliphatic carboxylic acids is 1. The second-order valence-electron chi connectivity index (χ2n) is 9.50. The molecule has 3 atom stereocenters. The maximum absolute atomic E-state index is 13.5. The van der Waals surface area contributed by atoms with Crippen LogP contribution in [0.2, 0.25) is 0 Å². The number of phenols is 2. The van der Waals surface area contributed by atoms with Crippen LogP contribution in [0.15, 0.2) is 64.1 Å². The maximum Gasteiger partial charge on any atom is 0.352 e. The van der Waals surface area contributed by atoms with Crippen molar-refractivity contribution in [3.63, 3.8) is 0 Å². The van der Waals surface area contributed by atoms with Crippen molar-refractivity contribution in [1.82, 2.24) is 31.0 Å². The summed E-state index contributed by atoms with van der Waals surface area (Å²) >= 11 is 4.02. The van der Waals surface area contributed by atoms with Crippen molar-refractivity contribution in [2.45, 2.75) is 28.7 Å². The van der Waals surface area contributed by atoms with E-state index < -0.39 is 58.7 Å². The fourth-order valence-electron chi connectivity index (χ4n) is 4.47. The Morgan fingerprint density at radius 3 is 2.50 bits per heavy atom. The Kier molecular flexibility index (Phi) is 9.07. The Hall–Kier alpha value is -4.61. The van der Waals surface area contributed by atoms with Crippen molar-refractivity contribution in [3.8, 4) is 11.5 Å². The number of aryl methyl sites for hydroxylation is 1. The van der Waals surface area contributed by atoms with E-state index in [0.717, 1.165) is 22.0 Å². The molecule has 3 aromatic rings. The smallest absolute Gasteiger partial charge is 0.352 e. The highest BCUT2D eigenvalue weighted by Gasteiger charge is 2.54. The van der Waals surface area contributed by atoms with Gasteiger partial charge in [-0.15, -0.1) is 22.0 Å². The summed E-state index contributed by atoms with van der Waals surface area (Å²) in [6.07, 6.45) is 0. The van der Waals surface area contributed by atoms with E-state index in [9.17, 15) is 39.3 Å². The second-order valence-corrected chi connectivity index (χ2v) is 13.0. The Labute approximate surface area is 261 Å². The number of hydrogen-bond donors (Lipinski definition) is 6. The van der Waals surface area contributed by atoms with Crippen LogP contribution >= 0.6 is 34.9 Å². The lowest BCUT2D eigenvalue weighted by Crippen LogP contribution is -2.71. The van der Waals surface area contributed by atoms with Gasteiger partial charge in [0.15, 0.2) is 15.8 Å². The van der Waals surface area contributed by atoms with Gasteiger partial charge in [-0.05, 0) is 36.3 Å². The zero-order chi connectivity index (χ0) is 31.5. The third kappa shape index (κ3) is 6.48. The Morgan fingerprint density at radius 1 is 1.09 bits per heavy atom. The molecule has 2 unspecified atom stereocenters. The molecule has 228 valence electrons. The van der Waals surface area contributed by atoms with Gasteiger partial charge in [-0.1, -0.05) is 53.4 Å². The molecule has 1 aromatic heterocycles.